The first kappa shape index (κ1) is 18.6. The molecule has 0 amide bonds. The van der Waals surface area contributed by atoms with Crippen LogP contribution in [0.3, 0.4) is 0 Å². The lowest BCUT2D eigenvalue weighted by Gasteiger charge is -2.25. The Morgan fingerprint density at radius 1 is 1.14 bits per heavy atom. The van der Waals surface area contributed by atoms with E-state index in [0.717, 1.165) is 0 Å². The summed E-state index contributed by atoms with van der Waals surface area (Å²) >= 11 is 11.8. The van der Waals surface area contributed by atoms with Crippen LogP contribution in [0.1, 0.15) is 27.7 Å². The van der Waals surface area contributed by atoms with Crippen LogP contribution in [0.5, 0.6) is 0 Å². The van der Waals surface area contributed by atoms with Gasteiger partial charge in [0.2, 0.25) is 10.0 Å². The summed E-state index contributed by atoms with van der Waals surface area (Å²) in [7, 11) is -3.71. The third-order valence-corrected chi connectivity index (χ3v) is 5.92. The quantitative estimate of drug-likeness (QED) is 0.765. The summed E-state index contributed by atoms with van der Waals surface area (Å²) in [4.78, 5) is -0.0441. The molecule has 0 aromatic heterocycles. The molecule has 0 heterocycles. The van der Waals surface area contributed by atoms with Crippen LogP contribution < -0.4 is 10.5 Å². The Morgan fingerprint density at radius 3 is 2.14 bits per heavy atom. The van der Waals surface area contributed by atoms with Crippen molar-refractivity contribution >= 4 is 38.9 Å². The highest BCUT2D eigenvalue weighted by atomic mass is 35.5. The number of nitrogens with one attached hydrogen (secondary N) is 1. The number of halogens is 2. The van der Waals surface area contributed by atoms with Gasteiger partial charge in [-0.15, -0.1) is 0 Å². The van der Waals surface area contributed by atoms with Gasteiger partial charge >= 0.3 is 0 Å². The van der Waals surface area contributed by atoms with Crippen LogP contribution >= 0.6 is 23.2 Å². The number of hydrogen-bond acceptors (Lipinski definition) is 3. The highest BCUT2D eigenvalue weighted by Gasteiger charge is 2.24. The van der Waals surface area contributed by atoms with E-state index in [1.807, 2.05) is 0 Å². The molecular formula is C14H22Cl2N2O2S. The van der Waals surface area contributed by atoms with Gasteiger partial charge in [-0.3, -0.25) is 0 Å². The molecule has 21 heavy (non-hydrogen) atoms. The second-order valence-electron chi connectivity index (χ2n) is 5.78. The molecule has 0 unspecified atom stereocenters. The van der Waals surface area contributed by atoms with Crippen LogP contribution in [0.4, 0.5) is 5.69 Å². The van der Waals surface area contributed by atoms with Crippen LogP contribution in [-0.2, 0) is 10.0 Å². The maximum absolute atomic E-state index is 12.4. The van der Waals surface area contributed by atoms with Crippen molar-refractivity contribution in [2.24, 2.45) is 17.8 Å². The fourth-order valence-electron chi connectivity index (χ4n) is 2.28. The molecular weight excluding hydrogens is 331 g/mol. The molecule has 0 radical (unpaired) electrons. The number of anilines is 1. The number of sulfonamides is 1. The number of nitrogen functional groups attached to an aromatic ring is 1. The van der Waals surface area contributed by atoms with E-state index < -0.39 is 10.0 Å². The van der Waals surface area contributed by atoms with Gasteiger partial charge in [-0.25, -0.2) is 13.1 Å². The molecule has 0 fully saturated rings. The predicted octanol–water partition coefficient (Wildman–Crippen LogP) is 3.78. The summed E-state index contributed by atoms with van der Waals surface area (Å²) in [6.45, 7) is 8.66. The molecule has 0 spiro atoms. The monoisotopic (exact) mass is 352 g/mol. The molecule has 0 saturated carbocycles. The maximum atomic E-state index is 12.4. The zero-order valence-corrected chi connectivity index (χ0v) is 15.0. The van der Waals surface area contributed by atoms with Crippen molar-refractivity contribution in [2.45, 2.75) is 32.6 Å². The Morgan fingerprint density at radius 2 is 1.67 bits per heavy atom. The van der Waals surface area contributed by atoms with E-state index in [9.17, 15) is 8.42 Å². The third kappa shape index (κ3) is 4.49. The van der Waals surface area contributed by atoms with E-state index in [4.69, 9.17) is 28.9 Å². The van der Waals surface area contributed by atoms with Crippen molar-refractivity contribution in [3.63, 3.8) is 0 Å². The van der Waals surface area contributed by atoms with E-state index in [1.54, 1.807) is 0 Å². The normalized spacial score (nSPS) is 12.6. The smallest absolute Gasteiger partial charge is 0.242 e. The largest absolute Gasteiger partial charge is 0.396 e. The molecule has 0 bridgehead atoms. The number of hydrogen-bond donors (Lipinski definition) is 2. The first-order valence-electron chi connectivity index (χ1n) is 6.81. The molecule has 0 aliphatic rings. The zero-order chi connectivity index (χ0) is 16.4. The predicted molar refractivity (Wildman–Crippen MR) is 89.2 cm³/mol. The lowest BCUT2D eigenvalue weighted by atomic mass is 9.86. The van der Waals surface area contributed by atoms with E-state index >= 15 is 0 Å². The van der Waals surface area contributed by atoms with E-state index in [2.05, 4.69) is 32.4 Å². The molecule has 120 valence electrons. The minimum Gasteiger partial charge on any atom is -0.396 e. The van der Waals surface area contributed by atoms with Crippen molar-refractivity contribution in [3.8, 4) is 0 Å². The molecule has 0 atom stereocenters. The molecule has 1 aromatic rings. The summed E-state index contributed by atoms with van der Waals surface area (Å²) in [6, 6.07) is 2.79. The maximum Gasteiger partial charge on any atom is 0.242 e. The van der Waals surface area contributed by atoms with Gasteiger partial charge in [-0.1, -0.05) is 50.9 Å². The fourth-order valence-corrected chi connectivity index (χ4v) is 4.12. The molecule has 7 heteroatoms. The van der Waals surface area contributed by atoms with Crippen molar-refractivity contribution in [1.29, 1.82) is 0 Å². The van der Waals surface area contributed by atoms with Crippen LogP contribution in [0.25, 0.3) is 0 Å². The van der Waals surface area contributed by atoms with Crippen molar-refractivity contribution in [3.05, 3.63) is 22.2 Å². The lowest BCUT2D eigenvalue weighted by molar-refractivity contribution is 0.289. The van der Waals surface area contributed by atoms with Crippen LogP contribution in [-0.4, -0.2) is 15.0 Å². The molecule has 0 aliphatic carbocycles. The number of nitrogens with two attached hydrogens (primary N) is 1. The second kappa shape index (κ2) is 7.18. The van der Waals surface area contributed by atoms with E-state index in [-0.39, 0.29) is 26.5 Å². The molecule has 0 saturated heterocycles. The minimum atomic E-state index is -3.71. The minimum absolute atomic E-state index is 0.0411. The van der Waals surface area contributed by atoms with Gasteiger partial charge in [0.25, 0.3) is 0 Å². The Hall–Kier alpha value is -0.490. The zero-order valence-electron chi connectivity index (χ0n) is 12.7. The SMILES string of the molecule is CC(C)C(CNS(=O)(=O)c1ccc(Cl)c(N)c1Cl)C(C)C. The van der Waals surface area contributed by atoms with Crippen molar-refractivity contribution < 1.29 is 8.42 Å². The average molecular weight is 353 g/mol. The van der Waals surface area contributed by atoms with Gasteiger partial charge in [0.05, 0.1) is 15.7 Å². The molecule has 4 nitrogen and oxygen atoms in total. The third-order valence-electron chi connectivity index (χ3n) is 3.60. The standard InChI is InChI=1S/C14H22Cl2N2O2S/c1-8(2)10(9(3)4)7-18-21(19,20)12-6-5-11(15)14(17)13(12)16/h5-6,8-10,18H,7,17H2,1-4H3. The number of rotatable bonds is 6. The van der Waals surface area contributed by atoms with Gasteiger partial charge in [0.15, 0.2) is 0 Å². The Bertz CT molecular complexity index is 593. The van der Waals surface area contributed by atoms with Gasteiger partial charge in [0, 0.05) is 6.54 Å². The average Bonchev–Trinajstić information content (AvgIpc) is 2.34. The Labute approximate surface area is 137 Å². The van der Waals surface area contributed by atoms with Crippen LogP contribution in [0.15, 0.2) is 17.0 Å². The fraction of sp³-hybridized carbons (Fsp3) is 0.571. The Kier molecular flexibility index (Phi) is 6.35. The van der Waals surface area contributed by atoms with Crippen LogP contribution in [0.2, 0.25) is 10.0 Å². The van der Waals surface area contributed by atoms with Gasteiger partial charge < -0.3 is 5.73 Å². The molecule has 0 aliphatic heterocycles. The lowest BCUT2D eigenvalue weighted by Crippen LogP contribution is -2.34. The highest BCUT2D eigenvalue weighted by molar-refractivity contribution is 7.89. The number of benzene rings is 1. The molecule has 1 aromatic carbocycles. The second-order valence-corrected chi connectivity index (χ2v) is 8.30. The summed E-state index contributed by atoms with van der Waals surface area (Å²) in [5.41, 5.74) is 5.75. The first-order chi connectivity index (χ1) is 9.58. The molecule has 3 N–H and O–H groups in total. The highest BCUT2D eigenvalue weighted by Crippen LogP contribution is 2.33. The summed E-state index contributed by atoms with van der Waals surface area (Å²) < 4.78 is 27.4. The van der Waals surface area contributed by atoms with Gasteiger partial charge in [-0.2, -0.15) is 0 Å². The van der Waals surface area contributed by atoms with E-state index in [0.29, 0.717) is 18.4 Å². The summed E-state index contributed by atoms with van der Waals surface area (Å²) in [6.07, 6.45) is 0. The topological polar surface area (TPSA) is 72.2 Å². The van der Waals surface area contributed by atoms with Gasteiger partial charge in [0.1, 0.15) is 4.90 Å². The van der Waals surface area contributed by atoms with Gasteiger partial charge in [-0.05, 0) is 29.9 Å². The molecule has 1 rings (SSSR count). The van der Waals surface area contributed by atoms with Crippen LogP contribution in [0, 0.1) is 17.8 Å². The van der Waals surface area contributed by atoms with E-state index in [1.165, 1.54) is 12.1 Å². The summed E-state index contributed by atoms with van der Waals surface area (Å²) in [5, 5.41) is 0.196. The Balaban J connectivity index is 3.00. The van der Waals surface area contributed by atoms with Crippen molar-refractivity contribution in [1.82, 2.24) is 4.72 Å². The summed E-state index contributed by atoms with van der Waals surface area (Å²) in [5.74, 6) is 0.986. The first-order valence-corrected chi connectivity index (χ1v) is 9.05. The van der Waals surface area contributed by atoms with Crippen molar-refractivity contribution in [2.75, 3.05) is 12.3 Å².